The summed E-state index contributed by atoms with van der Waals surface area (Å²) >= 11 is 0. The van der Waals surface area contributed by atoms with Crippen molar-refractivity contribution in [1.82, 2.24) is 5.23 Å². The van der Waals surface area contributed by atoms with E-state index in [9.17, 15) is 0 Å². The zero-order chi connectivity index (χ0) is 11.0. The molecule has 3 rings (SSSR count). The Labute approximate surface area is 97.5 Å². The molecule has 1 saturated heterocycles. The van der Waals surface area contributed by atoms with E-state index in [1.54, 1.807) is 0 Å². The van der Waals surface area contributed by atoms with Gasteiger partial charge in [0, 0.05) is 6.04 Å². The van der Waals surface area contributed by atoms with Crippen molar-refractivity contribution in [3.8, 4) is 0 Å². The molecule has 1 fully saturated rings. The monoisotopic (exact) mass is 215 g/mol. The van der Waals surface area contributed by atoms with Gasteiger partial charge in [-0.15, -0.1) is 0 Å². The topological polar surface area (TPSA) is 21.3 Å². The van der Waals surface area contributed by atoms with Gasteiger partial charge in [0.15, 0.2) is 0 Å². The molecule has 2 atom stereocenters. The predicted molar refractivity (Wildman–Crippen MR) is 66.4 cm³/mol. The molecule has 3 heteroatoms. The summed E-state index contributed by atoms with van der Waals surface area (Å²) in [4.78, 5) is 0. The number of rotatable bonds is 3. The standard InChI is InChI=1S/C13H18BNO/c1-2-3-8-14-15-13-11-7-5-4-6-10(11)9-12(13)16-14/h4-7,12-13,15H,2-3,8-9H2,1H3/t12-,13+/m1/s1. The van der Waals surface area contributed by atoms with Crippen LogP contribution in [-0.4, -0.2) is 13.2 Å². The van der Waals surface area contributed by atoms with Gasteiger partial charge in [0.05, 0.1) is 6.10 Å². The summed E-state index contributed by atoms with van der Waals surface area (Å²) in [7, 11) is 0.281. The van der Waals surface area contributed by atoms with Crippen molar-refractivity contribution >= 4 is 7.05 Å². The highest BCUT2D eigenvalue weighted by atomic mass is 16.5. The highest BCUT2D eigenvalue weighted by molar-refractivity contribution is 6.49. The van der Waals surface area contributed by atoms with Crippen LogP contribution in [0, 0.1) is 0 Å². The normalized spacial score (nSPS) is 26.9. The second-order valence-corrected chi connectivity index (χ2v) is 4.85. The number of hydrogen-bond donors (Lipinski definition) is 1. The Hall–Kier alpha value is -0.795. The molecule has 1 aliphatic carbocycles. The van der Waals surface area contributed by atoms with E-state index >= 15 is 0 Å². The van der Waals surface area contributed by atoms with Gasteiger partial charge >= 0.3 is 7.05 Å². The van der Waals surface area contributed by atoms with Gasteiger partial charge in [-0.2, -0.15) is 0 Å². The van der Waals surface area contributed by atoms with Crippen LogP contribution in [0.1, 0.15) is 36.9 Å². The Balaban J connectivity index is 1.72. The molecular formula is C13H18BNO. The molecule has 2 aliphatic rings. The summed E-state index contributed by atoms with van der Waals surface area (Å²) < 4.78 is 6.06. The molecule has 1 N–H and O–H groups in total. The molecule has 0 amide bonds. The second kappa shape index (κ2) is 4.23. The highest BCUT2D eigenvalue weighted by Gasteiger charge is 2.42. The van der Waals surface area contributed by atoms with E-state index in [0.29, 0.717) is 12.1 Å². The lowest BCUT2D eigenvalue weighted by Crippen LogP contribution is -2.29. The molecule has 0 spiro atoms. The van der Waals surface area contributed by atoms with Crippen molar-refractivity contribution in [3.05, 3.63) is 35.4 Å². The summed E-state index contributed by atoms with van der Waals surface area (Å²) in [6.07, 6.45) is 5.09. The number of fused-ring (bicyclic) bond motifs is 3. The molecule has 16 heavy (non-hydrogen) atoms. The third kappa shape index (κ3) is 1.68. The third-order valence-corrected chi connectivity index (χ3v) is 3.71. The van der Waals surface area contributed by atoms with Gasteiger partial charge in [0.1, 0.15) is 0 Å². The van der Waals surface area contributed by atoms with E-state index in [1.165, 1.54) is 24.0 Å². The molecule has 0 saturated carbocycles. The van der Waals surface area contributed by atoms with Gasteiger partial charge in [-0.3, -0.25) is 0 Å². The molecule has 1 aliphatic heterocycles. The van der Waals surface area contributed by atoms with Crippen LogP contribution in [0.3, 0.4) is 0 Å². The maximum absolute atomic E-state index is 6.06. The molecule has 1 aromatic rings. The first kappa shape index (κ1) is 10.4. The zero-order valence-electron chi connectivity index (χ0n) is 9.78. The van der Waals surface area contributed by atoms with Gasteiger partial charge in [0.25, 0.3) is 0 Å². The maximum Gasteiger partial charge on any atom is 0.380 e. The van der Waals surface area contributed by atoms with E-state index in [0.717, 1.165) is 12.7 Å². The van der Waals surface area contributed by atoms with E-state index in [1.807, 2.05) is 0 Å². The van der Waals surface area contributed by atoms with Crippen molar-refractivity contribution in [2.75, 3.05) is 0 Å². The summed E-state index contributed by atoms with van der Waals surface area (Å²) in [5, 5.41) is 3.62. The third-order valence-electron chi connectivity index (χ3n) is 3.71. The Morgan fingerprint density at radius 3 is 3.19 bits per heavy atom. The number of benzene rings is 1. The number of unbranched alkanes of at least 4 members (excludes halogenated alkanes) is 1. The fraction of sp³-hybridized carbons (Fsp3) is 0.538. The van der Waals surface area contributed by atoms with Crippen LogP contribution < -0.4 is 5.23 Å². The van der Waals surface area contributed by atoms with Crippen molar-refractivity contribution < 1.29 is 4.65 Å². The summed E-state index contributed by atoms with van der Waals surface area (Å²) in [5.41, 5.74) is 2.91. The first-order valence-electron chi connectivity index (χ1n) is 6.38. The van der Waals surface area contributed by atoms with Crippen LogP contribution in [0.2, 0.25) is 6.32 Å². The average molecular weight is 215 g/mol. The van der Waals surface area contributed by atoms with Gasteiger partial charge in [-0.25, -0.2) is 0 Å². The minimum Gasteiger partial charge on any atom is -0.416 e. The molecule has 0 aromatic heterocycles. The summed E-state index contributed by atoms with van der Waals surface area (Å²) in [6, 6.07) is 9.15. The van der Waals surface area contributed by atoms with Crippen LogP contribution in [0.25, 0.3) is 0 Å². The Bertz CT molecular complexity index is 382. The molecule has 84 valence electrons. The first-order valence-corrected chi connectivity index (χ1v) is 6.38. The van der Waals surface area contributed by atoms with E-state index in [4.69, 9.17) is 4.65 Å². The Morgan fingerprint density at radius 1 is 1.44 bits per heavy atom. The first-order chi connectivity index (χ1) is 7.88. The van der Waals surface area contributed by atoms with Crippen LogP contribution in [0.15, 0.2) is 24.3 Å². The Morgan fingerprint density at radius 2 is 2.31 bits per heavy atom. The average Bonchev–Trinajstić information content (AvgIpc) is 2.83. The SMILES string of the molecule is CCCCB1N[C@H]2c3ccccc3C[C@H]2O1. The smallest absolute Gasteiger partial charge is 0.380 e. The molecule has 2 nitrogen and oxygen atoms in total. The summed E-state index contributed by atoms with van der Waals surface area (Å²) in [6.45, 7) is 2.23. The minimum absolute atomic E-state index is 0.281. The van der Waals surface area contributed by atoms with Gasteiger partial charge < -0.3 is 9.88 Å². The molecular weight excluding hydrogens is 197 g/mol. The van der Waals surface area contributed by atoms with Gasteiger partial charge in [0.2, 0.25) is 0 Å². The van der Waals surface area contributed by atoms with Crippen LogP contribution in [0.5, 0.6) is 0 Å². The molecule has 1 aromatic carbocycles. The number of nitrogens with one attached hydrogen (secondary N) is 1. The highest BCUT2D eigenvalue weighted by Crippen LogP contribution is 2.37. The van der Waals surface area contributed by atoms with Crippen molar-refractivity contribution in [2.45, 2.75) is 44.7 Å². The lowest BCUT2D eigenvalue weighted by molar-refractivity contribution is 0.223. The fourth-order valence-corrected chi connectivity index (χ4v) is 2.87. The van der Waals surface area contributed by atoms with Crippen LogP contribution in [0.4, 0.5) is 0 Å². The Kier molecular flexibility index (Phi) is 2.74. The summed E-state index contributed by atoms with van der Waals surface area (Å²) in [5.74, 6) is 0. The quantitative estimate of drug-likeness (QED) is 0.782. The molecule has 0 radical (unpaired) electrons. The largest absolute Gasteiger partial charge is 0.416 e. The van der Waals surface area contributed by atoms with Crippen molar-refractivity contribution in [1.29, 1.82) is 0 Å². The second-order valence-electron chi connectivity index (χ2n) is 4.85. The van der Waals surface area contributed by atoms with Crippen LogP contribution >= 0.6 is 0 Å². The fourth-order valence-electron chi connectivity index (χ4n) is 2.87. The lowest BCUT2D eigenvalue weighted by Gasteiger charge is -2.09. The van der Waals surface area contributed by atoms with Gasteiger partial charge in [-0.05, 0) is 23.9 Å². The molecule has 0 bridgehead atoms. The lowest BCUT2D eigenvalue weighted by atomic mass is 9.77. The maximum atomic E-state index is 6.06. The zero-order valence-corrected chi connectivity index (χ0v) is 9.78. The molecule has 1 heterocycles. The van der Waals surface area contributed by atoms with Crippen LogP contribution in [-0.2, 0) is 11.1 Å². The van der Waals surface area contributed by atoms with Crippen molar-refractivity contribution in [2.24, 2.45) is 0 Å². The number of hydrogen-bond acceptors (Lipinski definition) is 2. The van der Waals surface area contributed by atoms with E-state index < -0.39 is 0 Å². The van der Waals surface area contributed by atoms with E-state index in [-0.39, 0.29) is 7.05 Å². The van der Waals surface area contributed by atoms with Crippen molar-refractivity contribution in [3.63, 3.8) is 0 Å². The molecule has 0 unspecified atom stereocenters. The minimum atomic E-state index is 0.281. The van der Waals surface area contributed by atoms with Gasteiger partial charge in [-0.1, -0.05) is 44.0 Å². The van der Waals surface area contributed by atoms with E-state index in [2.05, 4.69) is 36.4 Å². The predicted octanol–water partition coefficient (Wildman–Crippen LogP) is 2.56.